The van der Waals surface area contributed by atoms with E-state index in [1.807, 2.05) is 13.0 Å². The van der Waals surface area contributed by atoms with Crippen molar-refractivity contribution in [3.8, 4) is 17.7 Å². The Balaban J connectivity index is 2.04. The molecule has 3 heteroatoms. The number of hydrogen-bond acceptors (Lipinski definition) is 3. The fraction of sp³-hybridized carbons (Fsp3) is 0.500. The zero-order valence-corrected chi connectivity index (χ0v) is 11.6. The Kier molecular flexibility index (Phi) is 4.97. The normalized spacial score (nSPS) is 18.2. The quantitative estimate of drug-likeness (QED) is 0.777. The highest BCUT2D eigenvalue weighted by atomic mass is 16.5. The molecule has 1 atom stereocenters. The van der Waals surface area contributed by atoms with Gasteiger partial charge in [0.25, 0.3) is 0 Å². The van der Waals surface area contributed by atoms with Gasteiger partial charge in [0.15, 0.2) is 6.61 Å². The molecule has 0 bridgehead atoms. The second kappa shape index (κ2) is 6.94. The van der Waals surface area contributed by atoms with Crippen LogP contribution in [0.3, 0.4) is 0 Å². The van der Waals surface area contributed by atoms with Crippen LogP contribution in [-0.4, -0.2) is 16.6 Å². The third-order valence-electron chi connectivity index (χ3n) is 3.18. The van der Waals surface area contributed by atoms with Gasteiger partial charge in [-0.05, 0) is 30.8 Å². The summed E-state index contributed by atoms with van der Waals surface area (Å²) in [6.07, 6.45) is 8.19. The van der Waals surface area contributed by atoms with Gasteiger partial charge < -0.3 is 4.74 Å². The fourth-order valence-electron chi connectivity index (χ4n) is 2.19. The summed E-state index contributed by atoms with van der Waals surface area (Å²) in [5.41, 5.74) is 2.30. The second-order valence-electron chi connectivity index (χ2n) is 4.85. The molecule has 2 rings (SSSR count). The lowest BCUT2D eigenvalue weighted by atomic mass is 9.89. The van der Waals surface area contributed by atoms with Crippen molar-refractivity contribution in [2.75, 3.05) is 6.61 Å². The smallest absolute Gasteiger partial charge is 0.217 e. The zero-order valence-electron chi connectivity index (χ0n) is 11.6. The van der Waals surface area contributed by atoms with E-state index in [1.165, 1.54) is 12.0 Å². The lowest BCUT2D eigenvalue weighted by Crippen LogP contribution is -2.04. The van der Waals surface area contributed by atoms with Gasteiger partial charge in [0.05, 0.1) is 5.69 Å². The van der Waals surface area contributed by atoms with Gasteiger partial charge in [-0.2, -0.15) is 0 Å². The van der Waals surface area contributed by atoms with Gasteiger partial charge in [-0.15, -0.1) is 5.92 Å². The molecule has 0 radical (unpaired) electrons. The van der Waals surface area contributed by atoms with E-state index in [-0.39, 0.29) is 0 Å². The lowest BCUT2D eigenvalue weighted by molar-refractivity contribution is 0.354. The van der Waals surface area contributed by atoms with E-state index in [2.05, 4.69) is 34.8 Å². The molecule has 0 saturated carbocycles. The summed E-state index contributed by atoms with van der Waals surface area (Å²) < 4.78 is 5.51. The maximum Gasteiger partial charge on any atom is 0.217 e. The van der Waals surface area contributed by atoms with Crippen molar-refractivity contribution in [3.63, 3.8) is 0 Å². The van der Waals surface area contributed by atoms with E-state index in [0.717, 1.165) is 30.9 Å². The molecule has 1 aliphatic carbocycles. The first-order valence-electron chi connectivity index (χ1n) is 6.89. The van der Waals surface area contributed by atoms with E-state index in [1.54, 1.807) is 6.33 Å². The van der Waals surface area contributed by atoms with Gasteiger partial charge in [-0.25, -0.2) is 9.97 Å². The number of aromatic nitrogens is 2. The lowest BCUT2D eigenvalue weighted by Gasteiger charge is -2.18. The van der Waals surface area contributed by atoms with Crippen LogP contribution >= 0.6 is 0 Å². The van der Waals surface area contributed by atoms with Crippen molar-refractivity contribution in [2.45, 2.75) is 39.5 Å². The van der Waals surface area contributed by atoms with Crippen molar-refractivity contribution in [3.05, 3.63) is 24.2 Å². The van der Waals surface area contributed by atoms with Gasteiger partial charge in [0.2, 0.25) is 5.88 Å². The van der Waals surface area contributed by atoms with Crippen molar-refractivity contribution in [1.82, 2.24) is 9.97 Å². The fourth-order valence-corrected chi connectivity index (χ4v) is 2.19. The Morgan fingerprint density at radius 3 is 3.05 bits per heavy atom. The van der Waals surface area contributed by atoms with Crippen LogP contribution < -0.4 is 4.74 Å². The monoisotopic (exact) mass is 256 g/mol. The Morgan fingerprint density at radius 1 is 1.37 bits per heavy atom. The molecule has 0 amide bonds. The van der Waals surface area contributed by atoms with Crippen molar-refractivity contribution >= 4 is 5.57 Å². The minimum Gasteiger partial charge on any atom is -0.464 e. The average Bonchev–Trinajstić information content (AvgIpc) is 2.44. The second-order valence-corrected chi connectivity index (χ2v) is 4.85. The highest BCUT2D eigenvalue weighted by Crippen LogP contribution is 2.30. The van der Waals surface area contributed by atoms with Crippen molar-refractivity contribution in [1.29, 1.82) is 0 Å². The van der Waals surface area contributed by atoms with E-state index in [0.29, 0.717) is 12.5 Å². The molecule has 0 saturated heterocycles. The SMILES string of the molecule is CCC#CCOc1cc(C2=CCCC(C)C2)ncn1. The van der Waals surface area contributed by atoms with Gasteiger partial charge >= 0.3 is 0 Å². The molecule has 1 heterocycles. The van der Waals surface area contributed by atoms with E-state index in [4.69, 9.17) is 4.74 Å². The molecule has 100 valence electrons. The van der Waals surface area contributed by atoms with Gasteiger partial charge in [0.1, 0.15) is 6.33 Å². The Morgan fingerprint density at radius 2 is 2.26 bits per heavy atom. The summed E-state index contributed by atoms with van der Waals surface area (Å²) in [4.78, 5) is 8.47. The van der Waals surface area contributed by atoms with E-state index in [9.17, 15) is 0 Å². The summed E-state index contributed by atoms with van der Waals surface area (Å²) in [6, 6.07) is 1.91. The van der Waals surface area contributed by atoms with Gasteiger partial charge in [-0.3, -0.25) is 0 Å². The van der Waals surface area contributed by atoms with Crippen LogP contribution in [0.25, 0.3) is 5.57 Å². The van der Waals surface area contributed by atoms with E-state index >= 15 is 0 Å². The predicted molar refractivity (Wildman–Crippen MR) is 76.6 cm³/mol. The predicted octanol–water partition coefficient (Wildman–Crippen LogP) is 3.47. The van der Waals surface area contributed by atoms with E-state index < -0.39 is 0 Å². The minimum atomic E-state index is 0.389. The first-order valence-corrected chi connectivity index (χ1v) is 6.89. The maximum atomic E-state index is 5.51. The summed E-state index contributed by atoms with van der Waals surface area (Å²) in [5.74, 6) is 7.25. The molecule has 1 unspecified atom stereocenters. The molecule has 0 aromatic carbocycles. The van der Waals surface area contributed by atoms with Crippen LogP contribution in [0.1, 0.15) is 45.2 Å². The van der Waals surface area contributed by atoms with Crippen molar-refractivity contribution < 1.29 is 4.74 Å². The number of allylic oxidation sites excluding steroid dienone is 2. The molecule has 0 fully saturated rings. The molecule has 19 heavy (non-hydrogen) atoms. The van der Waals surface area contributed by atoms with Crippen LogP contribution in [0.2, 0.25) is 0 Å². The van der Waals surface area contributed by atoms with Gasteiger partial charge in [-0.1, -0.05) is 25.8 Å². The standard InChI is InChI=1S/C16H20N2O/c1-3-4-5-9-19-16-11-15(17-12-18-16)14-8-6-7-13(2)10-14/h8,11-13H,3,6-7,9-10H2,1-2H3. The molecule has 0 aliphatic heterocycles. The van der Waals surface area contributed by atoms with Crippen LogP contribution in [0.15, 0.2) is 18.5 Å². The molecule has 1 aromatic rings. The summed E-state index contributed by atoms with van der Waals surface area (Å²) in [5, 5.41) is 0. The first kappa shape index (κ1) is 13.6. The summed E-state index contributed by atoms with van der Waals surface area (Å²) in [6.45, 7) is 4.69. The maximum absolute atomic E-state index is 5.51. The number of ether oxygens (including phenoxy) is 1. The van der Waals surface area contributed by atoms with Gasteiger partial charge in [0, 0.05) is 12.5 Å². The Bertz CT molecular complexity index is 511. The summed E-state index contributed by atoms with van der Waals surface area (Å²) in [7, 11) is 0. The average molecular weight is 256 g/mol. The Labute approximate surface area is 115 Å². The molecule has 0 spiro atoms. The van der Waals surface area contributed by atoms with Crippen LogP contribution in [0.4, 0.5) is 0 Å². The minimum absolute atomic E-state index is 0.389. The van der Waals surface area contributed by atoms with Crippen LogP contribution in [-0.2, 0) is 0 Å². The molecule has 0 N–H and O–H groups in total. The molecule has 3 nitrogen and oxygen atoms in total. The zero-order chi connectivity index (χ0) is 13.5. The summed E-state index contributed by atoms with van der Waals surface area (Å²) >= 11 is 0. The molecule has 1 aromatic heterocycles. The number of hydrogen-bond donors (Lipinski definition) is 0. The third kappa shape index (κ3) is 4.10. The molecular weight excluding hydrogens is 236 g/mol. The number of rotatable bonds is 3. The van der Waals surface area contributed by atoms with Crippen molar-refractivity contribution in [2.24, 2.45) is 5.92 Å². The van der Waals surface area contributed by atoms with Crippen LogP contribution in [0, 0.1) is 17.8 Å². The Hall–Kier alpha value is -1.82. The molecular formula is C16H20N2O. The number of nitrogens with zero attached hydrogens (tertiary/aromatic N) is 2. The third-order valence-corrected chi connectivity index (χ3v) is 3.18. The highest BCUT2D eigenvalue weighted by molar-refractivity contribution is 5.63. The first-order chi connectivity index (χ1) is 9.29. The van der Waals surface area contributed by atoms with Crippen LogP contribution in [0.5, 0.6) is 5.88 Å². The molecule has 1 aliphatic rings. The highest BCUT2D eigenvalue weighted by Gasteiger charge is 2.14. The largest absolute Gasteiger partial charge is 0.464 e. The topological polar surface area (TPSA) is 35.0 Å².